The van der Waals surface area contributed by atoms with Gasteiger partial charge < -0.3 is 5.32 Å². The Bertz CT molecular complexity index is 297. The van der Waals surface area contributed by atoms with Gasteiger partial charge in [-0.15, -0.1) is 0 Å². The molecule has 0 aromatic carbocycles. The summed E-state index contributed by atoms with van der Waals surface area (Å²) in [5.74, 6) is -0.141. The Morgan fingerprint density at radius 3 is 1.67 bits per heavy atom. The van der Waals surface area contributed by atoms with E-state index in [0.717, 1.165) is 13.0 Å². The van der Waals surface area contributed by atoms with Gasteiger partial charge in [0.2, 0.25) is 0 Å². The average Bonchev–Trinajstić information content (AvgIpc) is 2.38. The molecular weight excluding hydrogens is 297 g/mol. The molecule has 0 bridgehead atoms. The molecule has 0 heterocycles. The molecule has 2 N–H and O–H groups in total. The second kappa shape index (κ2) is 17.2. The van der Waals surface area contributed by atoms with Crippen LogP contribution in [0, 0.1) is 0 Å². The van der Waals surface area contributed by atoms with Crippen molar-refractivity contribution in [3.05, 3.63) is 0 Å². The van der Waals surface area contributed by atoms with Crippen LogP contribution in [0.1, 0.15) is 77.6 Å². The third-order valence-corrected chi connectivity index (χ3v) is 4.27. The number of hydrogen-bond acceptors (Lipinski definition) is 3. The van der Waals surface area contributed by atoms with E-state index >= 15 is 0 Å². The third-order valence-electron chi connectivity index (χ3n) is 3.46. The van der Waals surface area contributed by atoms with Gasteiger partial charge >= 0.3 is 29.6 Å². The van der Waals surface area contributed by atoms with Crippen molar-refractivity contribution in [3.8, 4) is 0 Å². The second-order valence-corrected chi connectivity index (χ2v) is 7.14. The fourth-order valence-electron chi connectivity index (χ4n) is 2.24. The van der Waals surface area contributed by atoms with E-state index in [1.54, 1.807) is 0 Å². The molecule has 21 heavy (non-hydrogen) atoms. The van der Waals surface area contributed by atoms with Crippen LogP contribution in [-0.4, -0.2) is 61.4 Å². The Balaban J connectivity index is 0. The molecule has 0 aliphatic heterocycles. The molecule has 0 aromatic heterocycles. The molecule has 0 radical (unpaired) electrons. The zero-order valence-electron chi connectivity index (χ0n) is 13.1. The van der Waals surface area contributed by atoms with E-state index in [-0.39, 0.29) is 35.3 Å². The van der Waals surface area contributed by atoms with Crippen LogP contribution in [0.5, 0.6) is 0 Å². The summed E-state index contributed by atoms with van der Waals surface area (Å²) in [4.78, 5) is 0. The van der Waals surface area contributed by atoms with Crippen LogP contribution >= 0.6 is 0 Å². The fraction of sp³-hybridized carbons (Fsp3) is 1.00. The molecule has 0 aliphatic carbocycles. The molecule has 0 aliphatic rings. The van der Waals surface area contributed by atoms with Crippen molar-refractivity contribution in [3.63, 3.8) is 0 Å². The van der Waals surface area contributed by atoms with Gasteiger partial charge in [-0.1, -0.05) is 64.7 Å². The van der Waals surface area contributed by atoms with E-state index in [1.807, 2.05) is 0 Å². The molecule has 0 saturated carbocycles. The molecule has 6 heteroatoms. The van der Waals surface area contributed by atoms with Crippen LogP contribution in [0.4, 0.5) is 0 Å². The molecule has 0 fully saturated rings. The maximum atomic E-state index is 10.5. The van der Waals surface area contributed by atoms with E-state index in [9.17, 15) is 8.42 Å². The van der Waals surface area contributed by atoms with Crippen molar-refractivity contribution >= 4 is 39.7 Å². The van der Waals surface area contributed by atoms with E-state index in [0.29, 0.717) is 13.0 Å². The van der Waals surface area contributed by atoms with Crippen LogP contribution in [0.15, 0.2) is 0 Å². The summed E-state index contributed by atoms with van der Waals surface area (Å²) < 4.78 is 29.5. The number of hydrogen-bond donors (Lipinski definition) is 2. The predicted octanol–water partition coefficient (Wildman–Crippen LogP) is 3.13. The van der Waals surface area contributed by atoms with E-state index < -0.39 is 10.1 Å². The summed E-state index contributed by atoms with van der Waals surface area (Å²) in [6, 6.07) is 0. The van der Waals surface area contributed by atoms with Crippen molar-refractivity contribution in [2.75, 3.05) is 18.8 Å². The number of unbranched alkanes of at least 4 members (excludes halogenated alkanes) is 9. The maximum absolute atomic E-state index is 10.5. The first-order valence-electron chi connectivity index (χ1n) is 8.22. The van der Waals surface area contributed by atoms with Crippen LogP contribution in [-0.2, 0) is 10.1 Å². The summed E-state index contributed by atoms with van der Waals surface area (Å²) in [7, 11) is -3.78. The zero-order valence-corrected chi connectivity index (χ0v) is 13.9. The van der Waals surface area contributed by atoms with Crippen molar-refractivity contribution in [2.45, 2.75) is 77.6 Å². The summed E-state index contributed by atoms with van der Waals surface area (Å²) >= 11 is 0. The summed E-state index contributed by atoms with van der Waals surface area (Å²) in [6.45, 7) is 3.86. The number of nitrogens with one attached hydrogen (secondary N) is 1. The van der Waals surface area contributed by atoms with Crippen LogP contribution < -0.4 is 5.32 Å². The van der Waals surface area contributed by atoms with Crippen molar-refractivity contribution < 1.29 is 13.0 Å². The van der Waals surface area contributed by atoms with Gasteiger partial charge in [0, 0.05) is 0 Å². The summed E-state index contributed by atoms with van der Waals surface area (Å²) in [5, 5.41) is 3.21. The first-order chi connectivity index (χ1) is 9.56. The molecule has 0 amide bonds. The SMILES string of the molecule is CCCCCCCCCCCCNCCCS(=O)(=O)O.[NaH]. The monoisotopic (exact) mass is 331 g/mol. The van der Waals surface area contributed by atoms with Gasteiger partial charge in [0.25, 0.3) is 10.1 Å². The van der Waals surface area contributed by atoms with Crippen LogP contribution in [0.3, 0.4) is 0 Å². The van der Waals surface area contributed by atoms with Gasteiger partial charge in [0.15, 0.2) is 0 Å². The molecule has 124 valence electrons. The molecule has 0 saturated heterocycles. The van der Waals surface area contributed by atoms with Crippen molar-refractivity contribution in [2.24, 2.45) is 0 Å². The molecular formula is C15H34NNaO3S. The van der Waals surface area contributed by atoms with Gasteiger partial charge in [0.05, 0.1) is 5.75 Å². The molecule has 0 unspecified atom stereocenters. The first-order valence-corrected chi connectivity index (χ1v) is 9.83. The first kappa shape index (κ1) is 24.1. The Hall–Kier alpha value is 0.870. The minimum atomic E-state index is -3.78. The van der Waals surface area contributed by atoms with Gasteiger partial charge in [0.1, 0.15) is 0 Å². The van der Waals surface area contributed by atoms with Crippen LogP contribution in [0.25, 0.3) is 0 Å². The predicted molar refractivity (Wildman–Crippen MR) is 92.9 cm³/mol. The minimum absolute atomic E-state index is 0. The Kier molecular flexibility index (Phi) is 19.8. The van der Waals surface area contributed by atoms with Gasteiger partial charge in [-0.05, 0) is 25.9 Å². The number of rotatable bonds is 15. The van der Waals surface area contributed by atoms with E-state index in [1.165, 1.54) is 57.8 Å². The summed E-state index contributed by atoms with van der Waals surface area (Å²) in [6.07, 6.45) is 13.8. The Morgan fingerprint density at radius 1 is 0.762 bits per heavy atom. The fourth-order valence-corrected chi connectivity index (χ4v) is 2.75. The Labute approximate surface area is 153 Å². The zero-order chi connectivity index (χ0) is 15.1. The van der Waals surface area contributed by atoms with Crippen molar-refractivity contribution in [1.82, 2.24) is 5.32 Å². The molecule has 0 spiro atoms. The van der Waals surface area contributed by atoms with E-state index in [4.69, 9.17) is 4.55 Å². The quantitative estimate of drug-likeness (QED) is 0.275. The Morgan fingerprint density at radius 2 is 1.19 bits per heavy atom. The van der Waals surface area contributed by atoms with Crippen molar-refractivity contribution in [1.29, 1.82) is 0 Å². The van der Waals surface area contributed by atoms with Crippen LogP contribution in [0.2, 0.25) is 0 Å². The summed E-state index contributed by atoms with van der Waals surface area (Å²) in [5.41, 5.74) is 0. The molecule has 0 atom stereocenters. The third kappa shape index (κ3) is 23.3. The molecule has 0 rings (SSSR count). The van der Waals surface area contributed by atoms with Gasteiger partial charge in [-0.3, -0.25) is 4.55 Å². The molecule has 0 aromatic rings. The topological polar surface area (TPSA) is 66.4 Å². The average molecular weight is 331 g/mol. The van der Waals surface area contributed by atoms with Gasteiger partial charge in [-0.2, -0.15) is 8.42 Å². The molecule has 4 nitrogen and oxygen atoms in total. The standard InChI is InChI=1S/C15H33NO3S.Na.H/c1-2-3-4-5-6-7-8-9-10-11-13-16-14-12-15-20(17,18)19;;/h16H,2-15H2,1H3,(H,17,18,19);;. The normalized spacial score (nSPS) is 11.3. The van der Waals surface area contributed by atoms with E-state index in [2.05, 4.69) is 12.2 Å². The second-order valence-electron chi connectivity index (χ2n) is 5.57. The van der Waals surface area contributed by atoms with Gasteiger partial charge in [-0.25, -0.2) is 0 Å².